The highest BCUT2D eigenvalue weighted by Crippen LogP contribution is 2.34. The number of hydrogen-bond acceptors (Lipinski definition) is 3. The molecule has 0 aliphatic carbocycles. The molecule has 1 unspecified atom stereocenters. The molecule has 2 rings (SSSR count). The highest BCUT2D eigenvalue weighted by molar-refractivity contribution is 9.10. The number of halogens is 4. The molecule has 0 aliphatic heterocycles. The Labute approximate surface area is 182 Å². The Morgan fingerprint density at radius 3 is 2.30 bits per heavy atom. The minimum absolute atomic E-state index is 0.316. The van der Waals surface area contributed by atoms with Gasteiger partial charge in [-0.05, 0) is 37.7 Å². The monoisotopic (exact) mass is 485 g/mol. The number of likely N-dealkylation sites (N-methyl/N-ethyl adjacent to an activating group) is 2. The third-order valence-electron chi connectivity index (χ3n) is 4.66. The van der Waals surface area contributed by atoms with E-state index in [4.69, 9.17) is 0 Å². The molecule has 5 nitrogen and oxygen atoms in total. The number of rotatable bonds is 7. The molecule has 0 saturated carbocycles. The average Bonchev–Trinajstić information content (AvgIpc) is 2.68. The second kappa shape index (κ2) is 10.1. The molecular weight excluding hydrogens is 463 g/mol. The van der Waals surface area contributed by atoms with Crippen molar-refractivity contribution < 1.29 is 22.8 Å². The summed E-state index contributed by atoms with van der Waals surface area (Å²) < 4.78 is 40.1. The predicted molar refractivity (Wildman–Crippen MR) is 113 cm³/mol. The Hall–Kier alpha value is -2.39. The van der Waals surface area contributed by atoms with Gasteiger partial charge in [-0.3, -0.25) is 14.5 Å². The second-order valence-electron chi connectivity index (χ2n) is 6.97. The van der Waals surface area contributed by atoms with Crippen molar-refractivity contribution in [3.05, 3.63) is 64.1 Å². The molecule has 1 N–H and O–H groups in total. The molecule has 0 bridgehead atoms. The van der Waals surface area contributed by atoms with E-state index in [1.54, 1.807) is 14.0 Å². The molecule has 2 aromatic carbocycles. The zero-order chi connectivity index (χ0) is 22.5. The first-order valence-electron chi connectivity index (χ1n) is 9.15. The molecular formula is C21H23BrF3N3O2. The van der Waals surface area contributed by atoms with Gasteiger partial charge in [0.25, 0.3) is 0 Å². The third kappa shape index (κ3) is 6.30. The van der Waals surface area contributed by atoms with Crippen molar-refractivity contribution in [3.8, 4) is 0 Å². The summed E-state index contributed by atoms with van der Waals surface area (Å²) in [5.41, 5.74) is -0.271. The van der Waals surface area contributed by atoms with Crippen molar-refractivity contribution in [3.63, 3.8) is 0 Å². The summed E-state index contributed by atoms with van der Waals surface area (Å²) >= 11 is 3.47. The van der Waals surface area contributed by atoms with Gasteiger partial charge in [-0.1, -0.05) is 46.3 Å². The maximum atomic E-state index is 13.1. The van der Waals surface area contributed by atoms with Crippen molar-refractivity contribution in [2.24, 2.45) is 0 Å². The van der Waals surface area contributed by atoms with Crippen molar-refractivity contribution in [2.75, 3.05) is 26.0 Å². The van der Waals surface area contributed by atoms with Gasteiger partial charge in [-0.15, -0.1) is 0 Å². The SMILES string of the molecule is CC(C(=O)N(C)CC(=O)Nc1ccccc1C(F)(F)F)N(C)Cc1ccccc1Br. The molecule has 2 amide bonds. The van der Waals surface area contributed by atoms with E-state index >= 15 is 0 Å². The molecule has 2 aromatic rings. The number of benzene rings is 2. The summed E-state index contributed by atoms with van der Waals surface area (Å²) in [6.45, 7) is 1.86. The molecule has 0 spiro atoms. The number of nitrogens with zero attached hydrogens (tertiary/aromatic N) is 2. The Balaban J connectivity index is 1.98. The number of amides is 2. The fourth-order valence-corrected chi connectivity index (χ4v) is 3.27. The largest absolute Gasteiger partial charge is 0.418 e. The molecule has 1 atom stereocenters. The topological polar surface area (TPSA) is 52.7 Å². The molecule has 0 saturated heterocycles. The van der Waals surface area contributed by atoms with Gasteiger partial charge in [0, 0.05) is 18.1 Å². The summed E-state index contributed by atoms with van der Waals surface area (Å²) in [4.78, 5) is 28.0. The first-order chi connectivity index (χ1) is 14.0. The van der Waals surface area contributed by atoms with Gasteiger partial charge in [0.05, 0.1) is 23.8 Å². The summed E-state index contributed by atoms with van der Waals surface area (Å²) in [6, 6.07) is 11.8. The lowest BCUT2D eigenvalue weighted by molar-refractivity contribution is -0.138. The van der Waals surface area contributed by atoms with Crippen molar-refractivity contribution in [2.45, 2.75) is 25.7 Å². The van der Waals surface area contributed by atoms with Crippen molar-refractivity contribution in [1.29, 1.82) is 0 Å². The summed E-state index contributed by atoms with van der Waals surface area (Å²) in [6.07, 6.45) is -4.59. The van der Waals surface area contributed by atoms with Crippen LogP contribution in [0.5, 0.6) is 0 Å². The van der Waals surface area contributed by atoms with Crippen LogP contribution in [0.4, 0.5) is 18.9 Å². The molecule has 0 aromatic heterocycles. The van der Waals surface area contributed by atoms with E-state index in [-0.39, 0.29) is 18.1 Å². The number of para-hydroxylation sites is 1. The standard InChI is InChI=1S/C21H23BrF3N3O2/c1-14(27(2)12-15-8-4-6-10-17(15)22)20(30)28(3)13-19(29)26-18-11-7-5-9-16(18)21(23,24)25/h4-11,14H,12-13H2,1-3H3,(H,26,29). The molecule has 0 fully saturated rings. The quantitative estimate of drug-likeness (QED) is 0.632. The Kier molecular flexibility index (Phi) is 8.03. The van der Waals surface area contributed by atoms with Crippen LogP contribution in [-0.2, 0) is 22.3 Å². The highest BCUT2D eigenvalue weighted by Gasteiger charge is 2.33. The predicted octanol–water partition coefficient (Wildman–Crippen LogP) is 4.39. The number of carbonyl (C=O) groups is 2. The Morgan fingerprint density at radius 1 is 1.07 bits per heavy atom. The third-order valence-corrected chi connectivity index (χ3v) is 5.43. The molecule has 0 radical (unpaired) electrons. The lowest BCUT2D eigenvalue weighted by Gasteiger charge is -2.28. The Bertz CT molecular complexity index is 905. The molecule has 162 valence electrons. The minimum atomic E-state index is -4.59. The van der Waals surface area contributed by atoms with Crippen molar-refractivity contribution in [1.82, 2.24) is 9.80 Å². The van der Waals surface area contributed by atoms with Gasteiger partial charge >= 0.3 is 6.18 Å². The summed E-state index contributed by atoms with van der Waals surface area (Å²) in [7, 11) is 3.23. The fraction of sp³-hybridized carbons (Fsp3) is 0.333. The van der Waals surface area contributed by atoms with Crippen LogP contribution in [0.2, 0.25) is 0 Å². The smallest absolute Gasteiger partial charge is 0.335 e. The van der Waals surface area contributed by atoms with Crippen LogP contribution >= 0.6 is 15.9 Å². The van der Waals surface area contributed by atoms with Gasteiger partial charge in [-0.2, -0.15) is 13.2 Å². The van der Waals surface area contributed by atoms with Gasteiger partial charge in [-0.25, -0.2) is 0 Å². The van der Waals surface area contributed by atoms with Gasteiger partial charge in [0.15, 0.2) is 0 Å². The van der Waals surface area contributed by atoms with E-state index in [9.17, 15) is 22.8 Å². The highest BCUT2D eigenvalue weighted by atomic mass is 79.9. The van der Waals surface area contributed by atoms with Crippen LogP contribution in [0, 0.1) is 0 Å². The summed E-state index contributed by atoms with van der Waals surface area (Å²) in [5.74, 6) is -1.02. The first-order valence-corrected chi connectivity index (χ1v) is 9.94. The van der Waals surface area contributed by atoms with Crippen LogP contribution in [0.15, 0.2) is 53.0 Å². The second-order valence-corrected chi connectivity index (χ2v) is 7.82. The number of hydrogen-bond donors (Lipinski definition) is 1. The lowest BCUT2D eigenvalue weighted by atomic mass is 10.1. The fourth-order valence-electron chi connectivity index (χ4n) is 2.86. The van der Waals surface area contributed by atoms with Crippen LogP contribution in [0.1, 0.15) is 18.1 Å². The molecule has 0 aliphatic rings. The molecule has 30 heavy (non-hydrogen) atoms. The normalized spacial score (nSPS) is 12.5. The summed E-state index contributed by atoms with van der Waals surface area (Å²) in [5, 5.41) is 2.25. The van der Waals surface area contributed by atoms with Gasteiger partial charge in [0.1, 0.15) is 0 Å². The minimum Gasteiger partial charge on any atom is -0.335 e. The number of anilines is 1. The van der Waals surface area contributed by atoms with E-state index in [1.165, 1.54) is 30.1 Å². The number of alkyl halides is 3. The molecule has 0 heterocycles. The maximum Gasteiger partial charge on any atom is 0.418 e. The average molecular weight is 486 g/mol. The van der Waals surface area contributed by atoms with E-state index in [1.807, 2.05) is 29.2 Å². The van der Waals surface area contributed by atoms with E-state index in [0.717, 1.165) is 16.1 Å². The van der Waals surface area contributed by atoms with Gasteiger partial charge in [0.2, 0.25) is 11.8 Å². The zero-order valence-electron chi connectivity index (χ0n) is 16.8. The van der Waals surface area contributed by atoms with E-state index in [2.05, 4.69) is 21.2 Å². The first kappa shape index (κ1) is 23.9. The van der Waals surface area contributed by atoms with Crippen molar-refractivity contribution >= 4 is 33.4 Å². The zero-order valence-corrected chi connectivity index (χ0v) is 18.4. The number of nitrogens with one attached hydrogen (secondary N) is 1. The maximum absolute atomic E-state index is 13.1. The van der Waals surface area contributed by atoms with Crippen LogP contribution in [0.3, 0.4) is 0 Å². The van der Waals surface area contributed by atoms with Gasteiger partial charge < -0.3 is 10.2 Å². The Morgan fingerprint density at radius 2 is 1.67 bits per heavy atom. The molecule has 9 heteroatoms. The number of carbonyl (C=O) groups excluding carboxylic acids is 2. The van der Waals surface area contributed by atoms with Crippen LogP contribution in [-0.4, -0.2) is 48.3 Å². The van der Waals surface area contributed by atoms with Crippen LogP contribution in [0.25, 0.3) is 0 Å². The lowest BCUT2D eigenvalue weighted by Crippen LogP contribution is -2.46. The van der Waals surface area contributed by atoms with Crippen LogP contribution < -0.4 is 5.32 Å². The van der Waals surface area contributed by atoms with E-state index < -0.39 is 23.7 Å². The van der Waals surface area contributed by atoms with E-state index in [0.29, 0.717) is 6.54 Å².